The lowest BCUT2D eigenvalue weighted by Crippen LogP contribution is -2.47. The summed E-state index contributed by atoms with van der Waals surface area (Å²) in [6.45, 7) is 8.52. The smallest absolute Gasteiger partial charge is 0.141 e. The molecule has 0 radical (unpaired) electrons. The number of nitrogens with zero attached hydrogens (tertiary/aromatic N) is 8. The van der Waals surface area contributed by atoms with Crippen molar-refractivity contribution in [3.8, 4) is 11.5 Å². The number of allylic oxidation sites excluding steroid dienone is 1. The fraction of sp³-hybridized carbons (Fsp3) is 0.464. The minimum atomic E-state index is -0.0669. The second-order valence-electron chi connectivity index (χ2n) is 10.3. The van der Waals surface area contributed by atoms with Crippen LogP contribution >= 0.6 is 11.6 Å². The van der Waals surface area contributed by atoms with Gasteiger partial charge in [-0.3, -0.25) is 4.99 Å². The average Bonchev–Trinajstić information content (AvgIpc) is 3.41. The zero-order chi connectivity index (χ0) is 26.9. The van der Waals surface area contributed by atoms with Crippen LogP contribution in [0.25, 0.3) is 0 Å². The molecule has 0 bridgehead atoms. The first kappa shape index (κ1) is 25.8. The van der Waals surface area contributed by atoms with Crippen molar-refractivity contribution in [3.63, 3.8) is 0 Å². The summed E-state index contributed by atoms with van der Waals surface area (Å²) in [6, 6.07) is 5.81. The molecular weight excluding hydrogens is 516 g/mol. The average molecular weight is 551 g/mol. The van der Waals surface area contributed by atoms with Crippen LogP contribution in [-0.4, -0.2) is 111 Å². The summed E-state index contributed by atoms with van der Waals surface area (Å²) in [5.74, 6) is 4.32. The normalized spacial score (nSPS) is 21.6. The first-order chi connectivity index (χ1) is 19.0. The Bertz CT molecular complexity index is 1300. The summed E-state index contributed by atoms with van der Waals surface area (Å²) in [5, 5.41) is 0.558. The lowest BCUT2D eigenvalue weighted by Gasteiger charge is -2.38. The molecule has 1 unspecified atom stereocenters. The Balaban J connectivity index is 1.12. The zero-order valence-corrected chi connectivity index (χ0v) is 23.5. The zero-order valence-electron chi connectivity index (χ0n) is 22.8. The molecule has 0 spiro atoms. The lowest BCUT2D eigenvalue weighted by atomic mass is 10.1. The summed E-state index contributed by atoms with van der Waals surface area (Å²) < 4.78 is 11.0. The minimum Gasteiger partial charge on any atom is -0.496 e. The van der Waals surface area contributed by atoms with Crippen molar-refractivity contribution in [1.82, 2.24) is 24.7 Å². The van der Waals surface area contributed by atoms with Crippen LogP contribution in [0.5, 0.6) is 11.5 Å². The van der Waals surface area contributed by atoms with Crippen molar-refractivity contribution in [1.29, 1.82) is 0 Å². The summed E-state index contributed by atoms with van der Waals surface area (Å²) in [6.07, 6.45) is 8.20. The van der Waals surface area contributed by atoms with E-state index in [1.165, 1.54) is 5.70 Å². The molecule has 6 rings (SSSR count). The number of methoxy groups -OCH3 is 2. The van der Waals surface area contributed by atoms with Crippen molar-refractivity contribution in [3.05, 3.63) is 59.2 Å². The van der Waals surface area contributed by atoms with Gasteiger partial charge in [-0.2, -0.15) is 0 Å². The summed E-state index contributed by atoms with van der Waals surface area (Å²) >= 11 is 6.43. The van der Waals surface area contributed by atoms with E-state index in [0.29, 0.717) is 10.8 Å². The molecule has 1 aromatic heterocycles. The molecule has 206 valence electrons. The van der Waals surface area contributed by atoms with Gasteiger partial charge in [-0.1, -0.05) is 11.6 Å². The van der Waals surface area contributed by atoms with E-state index in [0.717, 1.165) is 87.7 Å². The van der Waals surface area contributed by atoms with E-state index >= 15 is 0 Å². The molecule has 4 aliphatic heterocycles. The minimum absolute atomic E-state index is 0.0669. The summed E-state index contributed by atoms with van der Waals surface area (Å²) in [4.78, 5) is 25.9. The van der Waals surface area contributed by atoms with Crippen LogP contribution in [0.3, 0.4) is 0 Å². The van der Waals surface area contributed by atoms with Crippen molar-refractivity contribution in [2.45, 2.75) is 6.04 Å². The van der Waals surface area contributed by atoms with Gasteiger partial charge >= 0.3 is 0 Å². The molecule has 2 aromatic rings. The van der Waals surface area contributed by atoms with Crippen molar-refractivity contribution >= 4 is 29.1 Å². The predicted molar refractivity (Wildman–Crippen MR) is 154 cm³/mol. The SMILES string of the molecule is COc1cc(OC)c(C2CN3C=CC(N4CCN(c5cc(N6CCN(C)CC6)ncn5)CC4)=CC3=N2)cc1Cl. The molecule has 5 heterocycles. The number of hydrogen-bond donors (Lipinski definition) is 0. The third-order valence-electron chi connectivity index (χ3n) is 7.95. The molecule has 2 fully saturated rings. The number of rotatable bonds is 6. The van der Waals surface area contributed by atoms with Gasteiger partial charge in [0, 0.05) is 88.0 Å². The molecule has 0 aliphatic carbocycles. The molecule has 0 amide bonds. The Labute approximate surface area is 234 Å². The highest BCUT2D eigenvalue weighted by molar-refractivity contribution is 6.32. The van der Waals surface area contributed by atoms with E-state index in [2.05, 4.69) is 65.9 Å². The molecule has 0 N–H and O–H groups in total. The van der Waals surface area contributed by atoms with E-state index in [9.17, 15) is 0 Å². The van der Waals surface area contributed by atoms with Crippen LogP contribution < -0.4 is 19.3 Å². The van der Waals surface area contributed by atoms with Gasteiger partial charge in [0.2, 0.25) is 0 Å². The Morgan fingerprint density at radius 3 is 2.13 bits per heavy atom. The number of amidine groups is 1. The molecule has 0 saturated carbocycles. The third-order valence-corrected chi connectivity index (χ3v) is 8.25. The number of anilines is 2. The van der Waals surface area contributed by atoms with Crippen LogP contribution in [0.1, 0.15) is 11.6 Å². The summed E-state index contributed by atoms with van der Waals surface area (Å²) in [5.41, 5.74) is 2.15. The number of likely N-dealkylation sites (N-methyl/N-ethyl adjacent to an activating group) is 1. The molecular formula is C28H35ClN8O2. The van der Waals surface area contributed by atoms with Gasteiger partial charge in [0.15, 0.2) is 0 Å². The van der Waals surface area contributed by atoms with Crippen LogP contribution in [0, 0.1) is 0 Å². The Kier molecular flexibility index (Phi) is 7.22. The monoisotopic (exact) mass is 550 g/mol. The maximum atomic E-state index is 6.43. The van der Waals surface area contributed by atoms with E-state index in [-0.39, 0.29) is 6.04 Å². The third kappa shape index (κ3) is 5.23. The van der Waals surface area contributed by atoms with E-state index in [4.69, 9.17) is 26.1 Å². The topological polar surface area (TPSA) is 72.8 Å². The molecule has 11 heteroatoms. The fourth-order valence-corrected chi connectivity index (χ4v) is 5.83. The van der Waals surface area contributed by atoms with Crippen molar-refractivity contribution in [2.24, 2.45) is 4.99 Å². The molecule has 2 saturated heterocycles. The number of halogens is 1. The first-order valence-corrected chi connectivity index (χ1v) is 13.8. The van der Waals surface area contributed by atoms with Gasteiger partial charge in [-0.15, -0.1) is 0 Å². The van der Waals surface area contributed by atoms with E-state index in [1.54, 1.807) is 20.5 Å². The molecule has 10 nitrogen and oxygen atoms in total. The van der Waals surface area contributed by atoms with Crippen molar-refractivity contribution < 1.29 is 9.47 Å². The van der Waals surface area contributed by atoms with Gasteiger partial charge < -0.3 is 34.0 Å². The molecule has 1 atom stereocenters. The number of piperazine rings is 2. The highest BCUT2D eigenvalue weighted by Crippen LogP contribution is 2.39. The fourth-order valence-electron chi connectivity index (χ4n) is 5.58. The van der Waals surface area contributed by atoms with E-state index in [1.807, 2.05) is 12.1 Å². The lowest BCUT2D eigenvalue weighted by molar-refractivity contribution is 0.312. The second-order valence-corrected chi connectivity index (χ2v) is 10.7. The Morgan fingerprint density at radius 1 is 0.821 bits per heavy atom. The highest BCUT2D eigenvalue weighted by Gasteiger charge is 2.30. The van der Waals surface area contributed by atoms with Crippen LogP contribution in [0.15, 0.2) is 53.6 Å². The van der Waals surface area contributed by atoms with Gasteiger partial charge in [0.1, 0.15) is 35.3 Å². The number of benzene rings is 1. The molecule has 39 heavy (non-hydrogen) atoms. The summed E-state index contributed by atoms with van der Waals surface area (Å²) in [7, 11) is 5.43. The van der Waals surface area contributed by atoms with Gasteiger partial charge in [-0.25, -0.2) is 9.97 Å². The number of aromatic nitrogens is 2. The van der Waals surface area contributed by atoms with E-state index < -0.39 is 0 Å². The standard InChI is InChI=1S/C28H35ClN8O2/c1-33-6-8-35(9-7-33)26-17-27(31-19-30-26)36-12-10-34(11-13-36)20-4-5-37-18-23(32-28(37)14-20)21-15-22(29)25(39-3)16-24(21)38-2/h4-5,14-17,19,23H,6-13,18H2,1-3H3. The largest absolute Gasteiger partial charge is 0.496 e. The number of ether oxygens (including phenoxy) is 2. The highest BCUT2D eigenvalue weighted by atomic mass is 35.5. The van der Waals surface area contributed by atoms with Gasteiger partial charge in [0.05, 0.1) is 31.8 Å². The van der Waals surface area contributed by atoms with Crippen LogP contribution in [0.4, 0.5) is 11.6 Å². The molecule has 1 aromatic carbocycles. The number of aliphatic imine (C=N–C) groups is 1. The number of hydrogen-bond acceptors (Lipinski definition) is 10. The van der Waals surface area contributed by atoms with Crippen LogP contribution in [-0.2, 0) is 0 Å². The van der Waals surface area contributed by atoms with Crippen LogP contribution in [0.2, 0.25) is 5.02 Å². The van der Waals surface area contributed by atoms with Gasteiger partial charge in [-0.05, 0) is 19.2 Å². The van der Waals surface area contributed by atoms with Gasteiger partial charge in [0.25, 0.3) is 0 Å². The maximum Gasteiger partial charge on any atom is 0.141 e. The second kappa shape index (κ2) is 10.9. The number of fused-ring (bicyclic) bond motifs is 1. The maximum absolute atomic E-state index is 6.43. The predicted octanol–water partition coefficient (Wildman–Crippen LogP) is 2.89. The first-order valence-electron chi connectivity index (χ1n) is 13.4. The quantitative estimate of drug-likeness (QED) is 0.540. The molecule has 4 aliphatic rings. The Hall–Kier alpha value is -3.50. The van der Waals surface area contributed by atoms with Crippen molar-refractivity contribution in [2.75, 3.05) is 90.0 Å². The Morgan fingerprint density at radius 2 is 1.46 bits per heavy atom.